The van der Waals surface area contributed by atoms with Crippen molar-refractivity contribution in [3.05, 3.63) is 20.8 Å². The Hall–Kier alpha value is 0.130. The number of hydrogen-bond acceptors (Lipinski definition) is 2. The van der Waals surface area contributed by atoms with E-state index in [2.05, 4.69) is 30.7 Å². The number of hydrogen-bond donors (Lipinski definition) is 0. The maximum atomic E-state index is 10.3. The van der Waals surface area contributed by atoms with Gasteiger partial charge in [-0.15, -0.1) is 0 Å². The first kappa shape index (κ1) is 8.23. The van der Waals surface area contributed by atoms with Crippen LogP contribution in [0.25, 0.3) is 0 Å². The lowest BCUT2D eigenvalue weighted by molar-refractivity contribution is -0.254. The van der Waals surface area contributed by atoms with Crippen molar-refractivity contribution in [2.24, 2.45) is 0 Å². The second kappa shape index (κ2) is 3.02. The molecule has 0 aliphatic carbocycles. The number of thiophene rings is 1. The summed E-state index contributed by atoms with van der Waals surface area (Å²) in [5.74, 6) is -1.12. The monoisotopic (exact) mass is 284 g/mol. The van der Waals surface area contributed by atoms with Gasteiger partial charge in [-0.25, -0.2) is 0 Å². The van der Waals surface area contributed by atoms with Crippen molar-refractivity contribution >= 4 is 45.6 Å². The van der Waals surface area contributed by atoms with Crippen molar-refractivity contribution in [1.82, 2.24) is 0 Å². The Labute approximate surface area is 76.2 Å². The number of aromatic carboxylic acids is 1. The van der Waals surface area contributed by atoms with E-state index in [1.807, 2.05) is 0 Å². The molecule has 5 heteroatoms. The van der Waals surface area contributed by atoms with E-state index in [4.69, 9.17) is 0 Å². The molecule has 0 radical (unpaired) electrons. The van der Waals surface area contributed by atoms with E-state index >= 15 is 0 Å². The van der Waals surface area contributed by atoms with Gasteiger partial charge in [0.2, 0.25) is 4.88 Å². The van der Waals surface area contributed by atoms with Crippen molar-refractivity contribution in [2.75, 3.05) is 0 Å². The SMILES string of the molecule is O=C([O-])c1cc(Br)c[s+]1Br. The minimum atomic E-state index is -1.12. The van der Waals surface area contributed by atoms with Crippen LogP contribution in [0, 0.1) is 0 Å². The van der Waals surface area contributed by atoms with Gasteiger partial charge >= 0.3 is 0 Å². The molecule has 0 spiro atoms. The predicted molar refractivity (Wildman–Crippen MR) is 45.3 cm³/mol. The highest BCUT2D eigenvalue weighted by Gasteiger charge is 2.14. The van der Waals surface area contributed by atoms with Crippen LogP contribution in [0.1, 0.15) is 9.67 Å². The van der Waals surface area contributed by atoms with E-state index in [0.29, 0.717) is 0 Å². The van der Waals surface area contributed by atoms with Crippen LogP contribution in [-0.4, -0.2) is 5.97 Å². The lowest BCUT2D eigenvalue weighted by atomic mass is 10.5. The molecule has 1 aromatic heterocycles. The van der Waals surface area contributed by atoms with Gasteiger partial charge in [0.05, 0.1) is 13.4 Å². The average Bonchev–Trinajstić information content (AvgIpc) is 2.10. The number of halogens is 2. The van der Waals surface area contributed by atoms with E-state index in [1.165, 1.54) is 6.07 Å². The Morgan fingerprint density at radius 1 is 1.70 bits per heavy atom. The molecule has 54 valence electrons. The lowest BCUT2D eigenvalue weighted by Crippen LogP contribution is -2.21. The topological polar surface area (TPSA) is 40.1 Å². The highest BCUT2D eigenvalue weighted by Crippen LogP contribution is 2.35. The van der Waals surface area contributed by atoms with E-state index in [-0.39, 0.29) is 4.88 Å². The van der Waals surface area contributed by atoms with Crippen molar-refractivity contribution in [2.45, 2.75) is 0 Å². The summed E-state index contributed by atoms with van der Waals surface area (Å²) >= 11 is 6.34. The van der Waals surface area contributed by atoms with Gasteiger partial charge in [-0.05, 0) is 15.9 Å². The molecule has 0 N–H and O–H groups in total. The van der Waals surface area contributed by atoms with Gasteiger partial charge in [-0.3, -0.25) is 0 Å². The van der Waals surface area contributed by atoms with E-state index in [0.717, 1.165) is 4.47 Å². The summed E-state index contributed by atoms with van der Waals surface area (Å²) in [4.78, 5) is 10.6. The van der Waals surface area contributed by atoms with E-state index < -0.39 is 14.9 Å². The zero-order valence-electron chi connectivity index (χ0n) is 4.64. The molecule has 1 rings (SSSR count). The second-order valence-electron chi connectivity index (χ2n) is 1.58. The summed E-state index contributed by atoms with van der Waals surface area (Å²) in [7, 11) is -0.468. The molecule has 0 fully saturated rings. The zero-order valence-corrected chi connectivity index (χ0v) is 8.62. The molecule has 2 nitrogen and oxygen atoms in total. The standard InChI is InChI=1S/C5H2Br2O2S/c6-3-1-4(5(8)9)10(7)2-3/h1-2H. The van der Waals surface area contributed by atoms with Crippen LogP contribution in [0.15, 0.2) is 15.9 Å². The molecule has 1 heterocycles. The number of carboxylic acids is 1. The molecule has 0 aromatic carbocycles. The first-order chi connectivity index (χ1) is 4.61. The fourth-order valence-electron chi connectivity index (χ4n) is 0.516. The number of rotatable bonds is 1. The van der Waals surface area contributed by atoms with Crippen molar-refractivity contribution in [3.8, 4) is 0 Å². The van der Waals surface area contributed by atoms with Crippen LogP contribution < -0.4 is 5.11 Å². The Balaban J connectivity index is 3.15. The molecule has 1 unspecified atom stereocenters. The quantitative estimate of drug-likeness (QED) is 0.737. The molecule has 10 heavy (non-hydrogen) atoms. The fraction of sp³-hybridized carbons (Fsp3) is 0. The Bertz CT molecular complexity index is 269. The molecule has 0 bridgehead atoms. The first-order valence-electron chi connectivity index (χ1n) is 2.31. The van der Waals surface area contributed by atoms with Gasteiger partial charge in [-0.2, -0.15) is 0 Å². The molecule has 0 aliphatic heterocycles. The third-order valence-corrected chi connectivity index (χ3v) is 4.43. The summed E-state index contributed by atoms with van der Waals surface area (Å²) in [6, 6.07) is 1.53. The third kappa shape index (κ3) is 1.59. The van der Waals surface area contributed by atoms with Crippen LogP contribution in [-0.2, 0) is 0 Å². The van der Waals surface area contributed by atoms with Gasteiger partial charge in [0.1, 0.15) is 5.97 Å². The Morgan fingerprint density at radius 2 is 2.30 bits per heavy atom. The largest absolute Gasteiger partial charge is 0.540 e. The molecule has 0 aliphatic rings. The van der Waals surface area contributed by atoms with E-state index in [1.54, 1.807) is 5.38 Å². The summed E-state index contributed by atoms with van der Waals surface area (Å²) in [5.41, 5.74) is 0. The fourth-order valence-corrected chi connectivity index (χ4v) is 4.28. The van der Waals surface area contributed by atoms with Gasteiger partial charge in [0, 0.05) is 6.07 Å². The summed E-state index contributed by atoms with van der Waals surface area (Å²) < 4.78 is 0.784. The van der Waals surface area contributed by atoms with Crippen LogP contribution in [0.4, 0.5) is 0 Å². The first-order valence-corrected chi connectivity index (χ1v) is 6.23. The smallest absolute Gasteiger partial charge is 0.268 e. The third-order valence-electron chi connectivity index (χ3n) is 0.896. The van der Waals surface area contributed by atoms with Crippen LogP contribution >= 0.6 is 39.6 Å². The Morgan fingerprint density at radius 3 is 2.50 bits per heavy atom. The number of carboxylic acid groups (broad SMARTS) is 1. The summed E-state index contributed by atoms with van der Waals surface area (Å²) in [5, 5.41) is 12.1. The van der Waals surface area contributed by atoms with Crippen LogP contribution in [0.3, 0.4) is 0 Å². The van der Waals surface area contributed by atoms with Crippen LogP contribution in [0.2, 0.25) is 0 Å². The summed E-state index contributed by atoms with van der Waals surface area (Å²) in [6.45, 7) is 0. The normalized spacial score (nSPS) is 11.6. The van der Waals surface area contributed by atoms with Gasteiger partial charge in [-0.1, -0.05) is 0 Å². The van der Waals surface area contributed by atoms with Gasteiger partial charge in [0.15, 0.2) is 5.38 Å². The maximum absolute atomic E-state index is 10.3. The van der Waals surface area contributed by atoms with Crippen LogP contribution in [0.5, 0.6) is 0 Å². The molecule has 0 saturated carbocycles. The molecule has 0 amide bonds. The molecule has 0 saturated heterocycles. The minimum Gasteiger partial charge on any atom is -0.540 e. The highest BCUT2D eigenvalue weighted by molar-refractivity contribution is 9.34. The maximum Gasteiger partial charge on any atom is 0.268 e. The molecule has 1 atom stereocenters. The minimum absolute atomic E-state index is 0.284. The lowest BCUT2D eigenvalue weighted by Gasteiger charge is -1.88. The van der Waals surface area contributed by atoms with Gasteiger partial charge in [0.25, 0.3) is 14.8 Å². The van der Waals surface area contributed by atoms with Crippen molar-refractivity contribution < 1.29 is 9.90 Å². The molecule has 1 aromatic rings. The molecular formula is C5H2Br2O2S. The Kier molecular flexibility index (Phi) is 2.49. The average molecular weight is 286 g/mol. The zero-order chi connectivity index (χ0) is 7.72. The summed E-state index contributed by atoms with van der Waals surface area (Å²) in [6.07, 6.45) is 0. The second-order valence-corrected chi connectivity index (χ2v) is 5.83. The number of carbonyl (C=O) groups is 1. The van der Waals surface area contributed by atoms with Crippen molar-refractivity contribution in [3.63, 3.8) is 0 Å². The highest BCUT2D eigenvalue weighted by atomic mass is 79.9. The number of carbonyl (C=O) groups excluding carboxylic acids is 1. The van der Waals surface area contributed by atoms with Gasteiger partial charge < -0.3 is 9.90 Å². The predicted octanol–water partition coefficient (Wildman–Crippen LogP) is 1.72. The van der Waals surface area contributed by atoms with E-state index in [9.17, 15) is 9.90 Å². The molecular weight excluding hydrogens is 284 g/mol. The van der Waals surface area contributed by atoms with Crippen molar-refractivity contribution in [1.29, 1.82) is 0 Å².